The highest BCUT2D eigenvalue weighted by atomic mass is 16.5. The molecular weight excluding hydrogens is 424 g/mol. The molecule has 1 aliphatic heterocycles. The molecule has 0 aromatic heterocycles. The van der Waals surface area contributed by atoms with E-state index in [9.17, 15) is 20.4 Å². The largest absolute Gasteiger partial charge is 0.490 e. The normalized spacial score (nSPS) is 32.1. The minimum Gasteiger partial charge on any atom is -0.490 e. The molecule has 1 aliphatic carbocycles. The summed E-state index contributed by atoms with van der Waals surface area (Å²) in [5, 5.41) is 40.1. The molecule has 2 aromatic carbocycles. The van der Waals surface area contributed by atoms with E-state index in [-0.39, 0.29) is 12.2 Å². The van der Waals surface area contributed by atoms with Gasteiger partial charge in [0, 0.05) is 13.5 Å². The van der Waals surface area contributed by atoms with Gasteiger partial charge in [-0.1, -0.05) is 30.3 Å². The second-order valence-electron chi connectivity index (χ2n) is 9.17. The zero-order chi connectivity index (χ0) is 23.5. The van der Waals surface area contributed by atoms with Crippen LogP contribution in [0, 0.1) is 6.92 Å². The zero-order valence-electron chi connectivity index (χ0n) is 19.1. The standard InChI is InChI=1S/C26H34O7/c1-15-3-6-17(26-25(30)24(29)23(28)22(14-27)33-26)12-18(15)11-16-4-7-19(8-5-16)32-21-10-9-20(13-21)31-2/h3-8,12,20-30H,9-11,13-14H2,1-2H3/t20?,21?,22-,23-,24+,25-,26+/m1/s1. The number of hydrogen-bond donors (Lipinski definition) is 4. The Bertz CT molecular complexity index is 913. The maximum atomic E-state index is 10.5. The summed E-state index contributed by atoms with van der Waals surface area (Å²) >= 11 is 0. The second kappa shape index (κ2) is 10.5. The Morgan fingerprint density at radius 3 is 2.33 bits per heavy atom. The van der Waals surface area contributed by atoms with E-state index in [4.69, 9.17) is 14.2 Å². The lowest BCUT2D eigenvalue weighted by Gasteiger charge is -2.40. The van der Waals surface area contributed by atoms with E-state index in [0.29, 0.717) is 12.0 Å². The van der Waals surface area contributed by atoms with Crippen molar-refractivity contribution in [2.45, 2.75) is 75.3 Å². The second-order valence-corrected chi connectivity index (χ2v) is 9.17. The molecule has 7 atom stereocenters. The van der Waals surface area contributed by atoms with E-state index < -0.39 is 37.1 Å². The van der Waals surface area contributed by atoms with E-state index in [1.165, 1.54) is 0 Å². The van der Waals surface area contributed by atoms with Gasteiger partial charge in [-0.15, -0.1) is 0 Å². The Morgan fingerprint density at radius 1 is 0.939 bits per heavy atom. The summed E-state index contributed by atoms with van der Waals surface area (Å²) in [6.45, 7) is 1.58. The predicted octanol–water partition coefficient (Wildman–Crippen LogP) is 2.05. The zero-order valence-corrected chi connectivity index (χ0v) is 19.1. The number of aliphatic hydroxyl groups excluding tert-OH is 4. The first kappa shape index (κ1) is 24.1. The first-order chi connectivity index (χ1) is 15.9. The number of ether oxygens (including phenoxy) is 3. The van der Waals surface area contributed by atoms with Crippen molar-refractivity contribution in [1.29, 1.82) is 0 Å². The lowest BCUT2D eigenvalue weighted by molar-refractivity contribution is -0.231. The molecule has 1 heterocycles. The van der Waals surface area contributed by atoms with Gasteiger partial charge < -0.3 is 34.6 Å². The van der Waals surface area contributed by atoms with Crippen LogP contribution in [0.15, 0.2) is 42.5 Å². The summed E-state index contributed by atoms with van der Waals surface area (Å²) in [5.41, 5.74) is 3.98. The van der Waals surface area contributed by atoms with Gasteiger partial charge >= 0.3 is 0 Å². The molecule has 0 spiro atoms. The number of rotatable bonds is 7. The monoisotopic (exact) mass is 458 g/mol. The maximum absolute atomic E-state index is 10.5. The topological polar surface area (TPSA) is 109 Å². The molecule has 0 amide bonds. The lowest BCUT2D eigenvalue weighted by atomic mass is 9.89. The fourth-order valence-corrected chi connectivity index (χ4v) is 4.76. The molecule has 33 heavy (non-hydrogen) atoms. The molecule has 7 nitrogen and oxygen atoms in total. The van der Waals surface area contributed by atoms with Gasteiger partial charge in [-0.25, -0.2) is 0 Å². The minimum atomic E-state index is -1.39. The Hall–Kier alpha value is -2.00. The summed E-state index contributed by atoms with van der Waals surface area (Å²) in [4.78, 5) is 0. The predicted molar refractivity (Wildman–Crippen MR) is 122 cm³/mol. The molecule has 4 N–H and O–H groups in total. The number of aryl methyl sites for hydroxylation is 1. The first-order valence-electron chi connectivity index (χ1n) is 11.6. The fraction of sp³-hybridized carbons (Fsp3) is 0.538. The van der Waals surface area contributed by atoms with Crippen LogP contribution in [-0.4, -0.2) is 70.8 Å². The van der Waals surface area contributed by atoms with Gasteiger partial charge in [-0.3, -0.25) is 0 Å². The van der Waals surface area contributed by atoms with Gasteiger partial charge in [0.15, 0.2) is 0 Å². The number of aliphatic hydroxyl groups is 4. The Kier molecular flexibility index (Phi) is 7.69. The smallest absolute Gasteiger partial charge is 0.119 e. The van der Waals surface area contributed by atoms with Crippen LogP contribution in [-0.2, 0) is 15.9 Å². The summed E-state index contributed by atoms with van der Waals surface area (Å²) in [7, 11) is 1.75. The molecule has 0 radical (unpaired) electrons. The summed E-state index contributed by atoms with van der Waals surface area (Å²) in [6, 6.07) is 13.8. The van der Waals surface area contributed by atoms with E-state index in [1.807, 2.05) is 37.3 Å². The molecule has 7 heteroatoms. The Labute approximate surface area is 194 Å². The quantitative estimate of drug-likeness (QED) is 0.503. The Balaban J connectivity index is 1.45. The van der Waals surface area contributed by atoms with Crippen molar-refractivity contribution >= 4 is 0 Å². The highest BCUT2D eigenvalue weighted by Gasteiger charge is 2.44. The van der Waals surface area contributed by atoms with Crippen LogP contribution in [0.1, 0.15) is 47.6 Å². The molecular formula is C26H34O7. The Morgan fingerprint density at radius 2 is 1.67 bits per heavy atom. The van der Waals surface area contributed by atoms with Crippen molar-refractivity contribution in [3.8, 4) is 5.75 Å². The average Bonchev–Trinajstić information content (AvgIpc) is 3.28. The lowest BCUT2D eigenvalue weighted by Crippen LogP contribution is -2.55. The summed E-state index contributed by atoms with van der Waals surface area (Å²) in [6.07, 6.45) is -1.69. The van der Waals surface area contributed by atoms with Gasteiger partial charge in [-0.05, 0) is 60.6 Å². The van der Waals surface area contributed by atoms with Crippen molar-refractivity contribution in [2.24, 2.45) is 0 Å². The van der Waals surface area contributed by atoms with E-state index in [0.717, 1.165) is 41.7 Å². The van der Waals surface area contributed by atoms with Crippen LogP contribution in [0.2, 0.25) is 0 Å². The van der Waals surface area contributed by atoms with Crippen molar-refractivity contribution in [1.82, 2.24) is 0 Å². The SMILES string of the molecule is COC1CCC(Oc2ccc(Cc3cc([C@@H]4O[C@H](CO)[C@@H](O)[C@H](O)[C@H]4O)ccc3C)cc2)C1. The van der Waals surface area contributed by atoms with E-state index in [2.05, 4.69) is 12.1 Å². The molecule has 2 unspecified atom stereocenters. The van der Waals surface area contributed by atoms with Crippen molar-refractivity contribution in [3.05, 3.63) is 64.7 Å². The fourth-order valence-electron chi connectivity index (χ4n) is 4.76. The highest BCUT2D eigenvalue weighted by molar-refractivity contribution is 5.38. The average molecular weight is 459 g/mol. The highest BCUT2D eigenvalue weighted by Crippen LogP contribution is 2.34. The van der Waals surface area contributed by atoms with Crippen molar-refractivity contribution in [3.63, 3.8) is 0 Å². The number of hydrogen-bond acceptors (Lipinski definition) is 7. The molecule has 2 aliphatic rings. The molecule has 180 valence electrons. The molecule has 1 saturated carbocycles. The third kappa shape index (κ3) is 5.40. The molecule has 4 rings (SSSR count). The van der Waals surface area contributed by atoms with Gasteiger partial charge in [0.2, 0.25) is 0 Å². The third-order valence-electron chi connectivity index (χ3n) is 6.88. The molecule has 0 bridgehead atoms. The van der Waals surface area contributed by atoms with Crippen LogP contribution < -0.4 is 4.74 Å². The summed E-state index contributed by atoms with van der Waals surface area (Å²) < 4.78 is 17.2. The van der Waals surface area contributed by atoms with Crippen LogP contribution in [0.5, 0.6) is 5.75 Å². The minimum absolute atomic E-state index is 0.193. The maximum Gasteiger partial charge on any atom is 0.119 e. The third-order valence-corrected chi connectivity index (χ3v) is 6.88. The van der Waals surface area contributed by atoms with Crippen molar-refractivity contribution in [2.75, 3.05) is 13.7 Å². The van der Waals surface area contributed by atoms with Crippen LogP contribution in [0.25, 0.3) is 0 Å². The van der Waals surface area contributed by atoms with Gasteiger partial charge in [0.1, 0.15) is 42.4 Å². The molecule has 2 fully saturated rings. The van der Waals surface area contributed by atoms with Crippen LogP contribution in [0.4, 0.5) is 0 Å². The number of benzene rings is 2. The van der Waals surface area contributed by atoms with Crippen molar-refractivity contribution < 1.29 is 34.6 Å². The molecule has 2 aromatic rings. The van der Waals surface area contributed by atoms with E-state index >= 15 is 0 Å². The first-order valence-corrected chi connectivity index (χ1v) is 11.6. The molecule has 1 saturated heterocycles. The van der Waals surface area contributed by atoms with Crippen LogP contribution >= 0.6 is 0 Å². The van der Waals surface area contributed by atoms with Gasteiger partial charge in [-0.2, -0.15) is 0 Å². The van der Waals surface area contributed by atoms with Gasteiger partial charge in [0.05, 0.1) is 12.7 Å². The summed E-state index contributed by atoms with van der Waals surface area (Å²) in [5.74, 6) is 0.854. The number of methoxy groups -OCH3 is 1. The van der Waals surface area contributed by atoms with Crippen LogP contribution in [0.3, 0.4) is 0 Å². The van der Waals surface area contributed by atoms with E-state index in [1.54, 1.807) is 7.11 Å². The van der Waals surface area contributed by atoms with Gasteiger partial charge in [0.25, 0.3) is 0 Å².